The summed E-state index contributed by atoms with van der Waals surface area (Å²) in [5.74, 6) is 0.0196. The summed E-state index contributed by atoms with van der Waals surface area (Å²) < 4.78 is 0. The Kier molecular flexibility index (Phi) is 2.27. The summed E-state index contributed by atoms with van der Waals surface area (Å²) in [7, 11) is 0. The highest BCUT2D eigenvalue weighted by Crippen LogP contribution is 2.32. The second-order valence-electron chi connectivity index (χ2n) is 4.73. The van der Waals surface area contributed by atoms with Gasteiger partial charge in [0.15, 0.2) is 0 Å². The molecule has 1 aromatic rings. The van der Waals surface area contributed by atoms with Gasteiger partial charge in [-0.2, -0.15) is 0 Å². The molecule has 1 atom stereocenters. The van der Waals surface area contributed by atoms with Crippen molar-refractivity contribution in [1.82, 2.24) is 0 Å². The molecular formula is C12H16N2O. The Balaban J connectivity index is 2.31. The lowest BCUT2D eigenvalue weighted by atomic mass is 9.88. The van der Waals surface area contributed by atoms with Crippen molar-refractivity contribution in [2.45, 2.75) is 19.9 Å². The number of carbonyl (C=O) groups excluding carboxylic acids is 1. The van der Waals surface area contributed by atoms with Crippen LogP contribution in [0.2, 0.25) is 0 Å². The van der Waals surface area contributed by atoms with Crippen LogP contribution in [0.3, 0.4) is 0 Å². The fraction of sp³-hybridized carbons (Fsp3) is 0.417. The molecule has 1 aliphatic heterocycles. The Labute approximate surface area is 89.9 Å². The first-order chi connectivity index (χ1) is 7.02. The standard InChI is InChI=1S/C12H16N2O/c1-12(2)8-14(11(15)10(12)13)9-6-4-3-5-7-9/h3-7,10H,8,13H2,1-2H3/t10-/m0/s1. The zero-order valence-electron chi connectivity index (χ0n) is 9.10. The third kappa shape index (κ3) is 1.63. The van der Waals surface area contributed by atoms with Gasteiger partial charge >= 0.3 is 0 Å². The number of anilines is 1. The maximum Gasteiger partial charge on any atom is 0.244 e. The van der Waals surface area contributed by atoms with Crippen molar-refractivity contribution in [3.8, 4) is 0 Å². The Hall–Kier alpha value is -1.35. The van der Waals surface area contributed by atoms with E-state index in [0.29, 0.717) is 6.54 Å². The Morgan fingerprint density at radius 2 is 1.93 bits per heavy atom. The first-order valence-corrected chi connectivity index (χ1v) is 5.14. The molecule has 0 bridgehead atoms. The van der Waals surface area contributed by atoms with Gasteiger partial charge in [0.1, 0.15) is 0 Å². The Bertz CT molecular complexity index is 372. The van der Waals surface area contributed by atoms with Crippen LogP contribution in [0.5, 0.6) is 0 Å². The van der Waals surface area contributed by atoms with Crippen molar-refractivity contribution >= 4 is 11.6 Å². The summed E-state index contributed by atoms with van der Waals surface area (Å²) in [5.41, 5.74) is 6.68. The van der Waals surface area contributed by atoms with Gasteiger partial charge in [0.2, 0.25) is 5.91 Å². The SMILES string of the molecule is CC1(C)CN(c2ccccc2)C(=O)[C@@H]1N. The van der Waals surface area contributed by atoms with Crippen LogP contribution in [0.25, 0.3) is 0 Å². The minimum Gasteiger partial charge on any atom is -0.319 e. The first kappa shape index (κ1) is 10.2. The van der Waals surface area contributed by atoms with E-state index in [1.165, 1.54) is 0 Å². The summed E-state index contributed by atoms with van der Waals surface area (Å²) >= 11 is 0. The van der Waals surface area contributed by atoms with Crippen LogP contribution in [0.15, 0.2) is 30.3 Å². The van der Waals surface area contributed by atoms with Crippen molar-refractivity contribution in [2.24, 2.45) is 11.1 Å². The van der Waals surface area contributed by atoms with E-state index in [9.17, 15) is 4.79 Å². The molecule has 3 heteroatoms. The molecule has 0 radical (unpaired) electrons. The number of benzene rings is 1. The summed E-state index contributed by atoms with van der Waals surface area (Å²) in [4.78, 5) is 13.7. The molecule has 0 spiro atoms. The summed E-state index contributed by atoms with van der Waals surface area (Å²) in [5, 5.41) is 0. The summed E-state index contributed by atoms with van der Waals surface area (Å²) in [6, 6.07) is 9.28. The van der Waals surface area contributed by atoms with Gasteiger partial charge in [-0.15, -0.1) is 0 Å². The largest absolute Gasteiger partial charge is 0.319 e. The fourth-order valence-corrected chi connectivity index (χ4v) is 1.91. The third-order valence-corrected chi connectivity index (χ3v) is 3.01. The van der Waals surface area contributed by atoms with E-state index in [4.69, 9.17) is 5.73 Å². The van der Waals surface area contributed by atoms with Gasteiger partial charge in [-0.1, -0.05) is 32.0 Å². The maximum absolute atomic E-state index is 11.9. The lowest BCUT2D eigenvalue weighted by Gasteiger charge is -2.20. The number of rotatable bonds is 1. The molecule has 3 nitrogen and oxygen atoms in total. The average molecular weight is 204 g/mol. The average Bonchev–Trinajstić information content (AvgIpc) is 2.44. The molecular weight excluding hydrogens is 188 g/mol. The highest BCUT2D eigenvalue weighted by atomic mass is 16.2. The molecule has 2 N–H and O–H groups in total. The van der Waals surface area contributed by atoms with Crippen LogP contribution in [0.1, 0.15) is 13.8 Å². The lowest BCUT2D eigenvalue weighted by molar-refractivity contribution is -0.118. The Morgan fingerprint density at radius 1 is 1.33 bits per heavy atom. The molecule has 1 amide bonds. The minimum atomic E-state index is -0.391. The molecule has 0 aliphatic carbocycles. The maximum atomic E-state index is 11.9. The van der Waals surface area contributed by atoms with Crippen LogP contribution in [-0.2, 0) is 4.79 Å². The topological polar surface area (TPSA) is 46.3 Å². The number of hydrogen-bond donors (Lipinski definition) is 1. The van der Waals surface area contributed by atoms with Gasteiger partial charge in [0.05, 0.1) is 6.04 Å². The van der Waals surface area contributed by atoms with E-state index in [1.807, 2.05) is 44.2 Å². The number of nitrogens with zero attached hydrogens (tertiary/aromatic N) is 1. The van der Waals surface area contributed by atoms with Crippen LogP contribution >= 0.6 is 0 Å². The zero-order chi connectivity index (χ0) is 11.1. The number of para-hydroxylation sites is 1. The van der Waals surface area contributed by atoms with E-state index in [2.05, 4.69) is 0 Å². The molecule has 1 heterocycles. The van der Waals surface area contributed by atoms with Crippen molar-refractivity contribution < 1.29 is 4.79 Å². The van der Waals surface area contributed by atoms with E-state index >= 15 is 0 Å². The highest BCUT2D eigenvalue weighted by Gasteiger charge is 2.44. The molecule has 1 aliphatic rings. The minimum absolute atomic E-state index is 0.0196. The number of carbonyl (C=O) groups is 1. The molecule has 2 rings (SSSR count). The predicted molar refractivity (Wildman–Crippen MR) is 60.6 cm³/mol. The van der Waals surface area contributed by atoms with Crippen molar-refractivity contribution in [3.63, 3.8) is 0 Å². The van der Waals surface area contributed by atoms with Crippen LogP contribution in [0.4, 0.5) is 5.69 Å². The van der Waals surface area contributed by atoms with Gasteiger partial charge in [0.25, 0.3) is 0 Å². The van der Waals surface area contributed by atoms with Crippen molar-refractivity contribution in [3.05, 3.63) is 30.3 Å². The fourth-order valence-electron chi connectivity index (χ4n) is 1.91. The normalized spacial score (nSPS) is 24.6. The van der Waals surface area contributed by atoms with E-state index in [-0.39, 0.29) is 11.3 Å². The van der Waals surface area contributed by atoms with Gasteiger partial charge in [0, 0.05) is 17.6 Å². The molecule has 0 aromatic heterocycles. The predicted octanol–water partition coefficient (Wildman–Crippen LogP) is 1.39. The molecule has 1 aromatic carbocycles. The van der Waals surface area contributed by atoms with Crippen LogP contribution < -0.4 is 10.6 Å². The molecule has 80 valence electrons. The van der Waals surface area contributed by atoms with E-state index in [0.717, 1.165) is 5.69 Å². The Morgan fingerprint density at radius 3 is 2.40 bits per heavy atom. The van der Waals surface area contributed by atoms with Crippen LogP contribution in [-0.4, -0.2) is 18.5 Å². The molecule has 0 unspecified atom stereocenters. The quantitative estimate of drug-likeness (QED) is 0.751. The molecule has 1 fully saturated rings. The molecule has 1 saturated heterocycles. The van der Waals surface area contributed by atoms with Gasteiger partial charge < -0.3 is 10.6 Å². The number of hydrogen-bond acceptors (Lipinski definition) is 2. The molecule has 15 heavy (non-hydrogen) atoms. The first-order valence-electron chi connectivity index (χ1n) is 5.14. The highest BCUT2D eigenvalue weighted by molar-refractivity contribution is 6.00. The number of nitrogens with two attached hydrogens (primary N) is 1. The molecule has 0 saturated carbocycles. The van der Waals surface area contributed by atoms with Gasteiger partial charge in [-0.05, 0) is 12.1 Å². The second-order valence-corrected chi connectivity index (χ2v) is 4.73. The van der Waals surface area contributed by atoms with Crippen molar-refractivity contribution in [2.75, 3.05) is 11.4 Å². The van der Waals surface area contributed by atoms with Crippen molar-refractivity contribution in [1.29, 1.82) is 0 Å². The van der Waals surface area contributed by atoms with Crippen LogP contribution in [0, 0.1) is 5.41 Å². The second kappa shape index (κ2) is 3.35. The zero-order valence-corrected chi connectivity index (χ0v) is 9.10. The lowest BCUT2D eigenvalue weighted by Crippen LogP contribution is -2.39. The monoisotopic (exact) mass is 204 g/mol. The summed E-state index contributed by atoms with van der Waals surface area (Å²) in [6.07, 6.45) is 0. The van der Waals surface area contributed by atoms with Gasteiger partial charge in [-0.25, -0.2) is 0 Å². The van der Waals surface area contributed by atoms with Gasteiger partial charge in [-0.3, -0.25) is 4.79 Å². The number of amides is 1. The summed E-state index contributed by atoms with van der Waals surface area (Å²) in [6.45, 7) is 4.74. The smallest absolute Gasteiger partial charge is 0.244 e. The third-order valence-electron chi connectivity index (χ3n) is 3.01. The van der Waals surface area contributed by atoms with E-state index < -0.39 is 6.04 Å². The van der Waals surface area contributed by atoms with E-state index in [1.54, 1.807) is 4.90 Å².